The Morgan fingerprint density at radius 3 is 2.03 bits per heavy atom. The molecule has 0 aliphatic rings. The standard InChI is InChI=1S/C29H27N3O5S/c1-38(34,35)32(25-14-18-28(19-15-25)37-27-10-6-3-7-11-27)21-29(33)31-30-20-23-12-16-26(17-13-23)36-22-24-8-4-2-5-9-24/h2-20H,21-22H2,1H3,(H,31,33)/b30-20-. The predicted molar refractivity (Wildman–Crippen MR) is 148 cm³/mol. The van der Waals surface area contributed by atoms with Gasteiger partial charge in [-0.15, -0.1) is 0 Å². The van der Waals surface area contributed by atoms with Crippen molar-refractivity contribution in [3.05, 3.63) is 120 Å². The maximum absolute atomic E-state index is 12.5. The summed E-state index contributed by atoms with van der Waals surface area (Å²) in [6.07, 6.45) is 2.51. The maximum Gasteiger partial charge on any atom is 0.260 e. The van der Waals surface area contributed by atoms with E-state index in [-0.39, 0.29) is 0 Å². The minimum absolute atomic E-state index is 0.332. The van der Waals surface area contributed by atoms with Gasteiger partial charge in [0.1, 0.15) is 30.4 Å². The molecule has 0 aliphatic heterocycles. The third kappa shape index (κ3) is 7.94. The first-order chi connectivity index (χ1) is 18.4. The van der Waals surface area contributed by atoms with Crippen molar-refractivity contribution in [1.82, 2.24) is 5.43 Å². The highest BCUT2D eigenvalue weighted by Crippen LogP contribution is 2.25. The Balaban J connectivity index is 1.31. The number of hydrogen-bond donors (Lipinski definition) is 1. The number of nitrogens with one attached hydrogen (secondary N) is 1. The number of ether oxygens (including phenoxy) is 2. The summed E-state index contributed by atoms with van der Waals surface area (Å²) < 4.78 is 37.3. The SMILES string of the molecule is CS(=O)(=O)N(CC(=O)N/N=C\c1ccc(OCc2ccccc2)cc1)c1ccc(Oc2ccccc2)cc1. The molecule has 0 fully saturated rings. The Kier molecular flexibility index (Phi) is 8.73. The van der Waals surface area contributed by atoms with E-state index in [0.717, 1.165) is 21.7 Å². The van der Waals surface area contributed by atoms with Crippen LogP contribution in [0.3, 0.4) is 0 Å². The molecule has 0 atom stereocenters. The molecule has 194 valence electrons. The molecule has 0 spiro atoms. The maximum atomic E-state index is 12.5. The second-order valence-corrected chi connectivity index (χ2v) is 10.2. The van der Waals surface area contributed by atoms with Crippen molar-refractivity contribution in [1.29, 1.82) is 0 Å². The largest absolute Gasteiger partial charge is 0.489 e. The van der Waals surface area contributed by atoms with Crippen molar-refractivity contribution in [3.8, 4) is 17.2 Å². The molecule has 1 N–H and O–H groups in total. The van der Waals surface area contributed by atoms with Gasteiger partial charge < -0.3 is 9.47 Å². The van der Waals surface area contributed by atoms with E-state index in [0.29, 0.717) is 29.5 Å². The van der Waals surface area contributed by atoms with Gasteiger partial charge in [-0.3, -0.25) is 9.10 Å². The third-order valence-electron chi connectivity index (χ3n) is 5.32. The van der Waals surface area contributed by atoms with E-state index in [2.05, 4.69) is 10.5 Å². The van der Waals surface area contributed by atoms with Crippen LogP contribution in [0.2, 0.25) is 0 Å². The van der Waals surface area contributed by atoms with E-state index in [1.165, 1.54) is 6.21 Å². The first-order valence-electron chi connectivity index (χ1n) is 11.8. The molecular formula is C29H27N3O5S. The summed E-state index contributed by atoms with van der Waals surface area (Å²) in [7, 11) is -3.73. The van der Waals surface area contributed by atoms with Crippen LogP contribution in [-0.4, -0.2) is 33.3 Å². The van der Waals surface area contributed by atoms with E-state index >= 15 is 0 Å². The number of para-hydroxylation sites is 1. The molecule has 0 heterocycles. The third-order valence-corrected chi connectivity index (χ3v) is 6.46. The second kappa shape index (κ2) is 12.6. The van der Waals surface area contributed by atoms with Crippen molar-refractivity contribution >= 4 is 27.8 Å². The van der Waals surface area contributed by atoms with Gasteiger partial charge in [-0.1, -0.05) is 48.5 Å². The molecule has 0 aromatic heterocycles. The molecule has 0 unspecified atom stereocenters. The number of benzene rings is 4. The first-order valence-corrected chi connectivity index (χ1v) is 13.6. The average Bonchev–Trinajstić information content (AvgIpc) is 2.92. The Bertz CT molecular complexity index is 1460. The second-order valence-electron chi connectivity index (χ2n) is 8.32. The molecule has 4 rings (SSSR count). The van der Waals surface area contributed by atoms with Crippen molar-refractivity contribution < 1.29 is 22.7 Å². The molecule has 4 aromatic rings. The van der Waals surface area contributed by atoms with Crippen molar-refractivity contribution in [2.24, 2.45) is 5.10 Å². The zero-order valence-electron chi connectivity index (χ0n) is 20.7. The fraction of sp³-hybridized carbons (Fsp3) is 0.103. The minimum Gasteiger partial charge on any atom is -0.489 e. The van der Waals surface area contributed by atoms with Crippen LogP contribution in [0, 0.1) is 0 Å². The summed E-state index contributed by atoms with van der Waals surface area (Å²) in [5.74, 6) is 1.32. The van der Waals surface area contributed by atoms with Gasteiger partial charge >= 0.3 is 0 Å². The molecule has 0 radical (unpaired) electrons. The van der Waals surface area contributed by atoms with E-state index < -0.39 is 22.5 Å². The summed E-state index contributed by atoms with van der Waals surface area (Å²) in [5.41, 5.74) is 4.52. The van der Waals surface area contributed by atoms with Crippen LogP contribution in [0.1, 0.15) is 11.1 Å². The number of carbonyl (C=O) groups excluding carboxylic acids is 1. The highest BCUT2D eigenvalue weighted by Gasteiger charge is 2.20. The average molecular weight is 530 g/mol. The summed E-state index contributed by atoms with van der Waals surface area (Å²) in [5, 5.41) is 3.95. The molecule has 4 aromatic carbocycles. The van der Waals surface area contributed by atoms with Gasteiger partial charge in [0.15, 0.2) is 0 Å². The molecule has 0 bridgehead atoms. The van der Waals surface area contributed by atoms with E-state index in [4.69, 9.17) is 9.47 Å². The van der Waals surface area contributed by atoms with Gasteiger partial charge in [-0.05, 0) is 71.8 Å². The minimum atomic E-state index is -3.73. The number of carbonyl (C=O) groups is 1. The van der Waals surface area contributed by atoms with Gasteiger partial charge in [0, 0.05) is 0 Å². The quantitative estimate of drug-likeness (QED) is 0.218. The van der Waals surface area contributed by atoms with Crippen LogP contribution in [0.5, 0.6) is 17.2 Å². The van der Waals surface area contributed by atoms with Crippen LogP contribution in [0.4, 0.5) is 5.69 Å². The monoisotopic (exact) mass is 529 g/mol. The fourth-order valence-electron chi connectivity index (χ4n) is 3.44. The Labute approximate surface area is 222 Å². The van der Waals surface area contributed by atoms with Gasteiger partial charge in [0.05, 0.1) is 18.2 Å². The zero-order chi connectivity index (χ0) is 26.8. The molecule has 0 saturated heterocycles. The topological polar surface area (TPSA) is 97.3 Å². The summed E-state index contributed by atoms with van der Waals surface area (Å²) >= 11 is 0. The van der Waals surface area contributed by atoms with Crippen molar-refractivity contribution in [2.75, 3.05) is 17.1 Å². The lowest BCUT2D eigenvalue weighted by Crippen LogP contribution is -2.38. The highest BCUT2D eigenvalue weighted by atomic mass is 32.2. The Morgan fingerprint density at radius 2 is 1.39 bits per heavy atom. The predicted octanol–water partition coefficient (Wildman–Crippen LogP) is 4.97. The normalized spacial score (nSPS) is 11.2. The number of hydrazone groups is 1. The van der Waals surface area contributed by atoms with Gasteiger partial charge in [-0.2, -0.15) is 5.10 Å². The van der Waals surface area contributed by atoms with Crippen molar-refractivity contribution in [2.45, 2.75) is 6.61 Å². The Morgan fingerprint density at radius 1 is 0.816 bits per heavy atom. The molecule has 0 aliphatic carbocycles. The number of anilines is 1. The first kappa shape index (κ1) is 26.4. The lowest BCUT2D eigenvalue weighted by Gasteiger charge is -2.21. The van der Waals surface area contributed by atoms with Crippen LogP contribution in [0.15, 0.2) is 114 Å². The van der Waals surface area contributed by atoms with E-state index in [1.54, 1.807) is 36.4 Å². The molecule has 1 amide bonds. The van der Waals surface area contributed by atoms with Crippen molar-refractivity contribution in [3.63, 3.8) is 0 Å². The van der Waals surface area contributed by atoms with E-state index in [1.807, 2.05) is 72.8 Å². The van der Waals surface area contributed by atoms with Crippen LogP contribution in [0.25, 0.3) is 0 Å². The highest BCUT2D eigenvalue weighted by molar-refractivity contribution is 7.92. The zero-order valence-corrected chi connectivity index (χ0v) is 21.5. The Hall–Kier alpha value is -4.63. The number of amides is 1. The number of rotatable bonds is 11. The molecule has 0 saturated carbocycles. The van der Waals surface area contributed by atoms with Gasteiger partial charge in [-0.25, -0.2) is 13.8 Å². The molecular weight excluding hydrogens is 502 g/mol. The van der Waals surface area contributed by atoms with Crippen LogP contribution in [-0.2, 0) is 21.4 Å². The lowest BCUT2D eigenvalue weighted by atomic mass is 10.2. The van der Waals surface area contributed by atoms with Gasteiger partial charge in [0.2, 0.25) is 10.0 Å². The fourth-order valence-corrected chi connectivity index (χ4v) is 4.30. The summed E-state index contributed by atoms with van der Waals surface area (Å²) in [4.78, 5) is 12.5. The lowest BCUT2D eigenvalue weighted by molar-refractivity contribution is -0.119. The summed E-state index contributed by atoms with van der Waals surface area (Å²) in [6.45, 7) is 0.0330. The smallest absolute Gasteiger partial charge is 0.260 e. The van der Waals surface area contributed by atoms with Gasteiger partial charge in [0.25, 0.3) is 5.91 Å². The van der Waals surface area contributed by atoms with Crippen LogP contribution >= 0.6 is 0 Å². The number of hydrogen-bond acceptors (Lipinski definition) is 6. The molecule has 9 heteroatoms. The number of nitrogens with zero attached hydrogens (tertiary/aromatic N) is 2. The molecule has 8 nitrogen and oxygen atoms in total. The summed E-state index contributed by atoms with van der Waals surface area (Å²) in [6, 6.07) is 32.7. The van der Waals surface area contributed by atoms with Crippen LogP contribution < -0.4 is 19.2 Å². The number of sulfonamides is 1. The van der Waals surface area contributed by atoms with E-state index in [9.17, 15) is 13.2 Å². The molecule has 38 heavy (non-hydrogen) atoms.